The van der Waals surface area contributed by atoms with Crippen LogP contribution in [-0.4, -0.2) is 32.0 Å². The Hall–Kier alpha value is -2.80. The number of carbonyl (C=O) groups excluding carboxylic acids is 1. The molecule has 28 heavy (non-hydrogen) atoms. The van der Waals surface area contributed by atoms with E-state index in [9.17, 15) is 4.79 Å². The molecule has 3 rings (SSSR count). The maximum atomic E-state index is 12.2. The first kappa shape index (κ1) is 19.9. The van der Waals surface area contributed by atoms with Crippen molar-refractivity contribution in [1.82, 2.24) is 24.9 Å². The van der Waals surface area contributed by atoms with E-state index in [2.05, 4.69) is 15.5 Å². The highest BCUT2D eigenvalue weighted by Crippen LogP contribution is 2.21. The number of aryl methyl sites for hydroxylation is 4. The third-order valence-electron chi connectivity index (χ3n) is 4.30. The predicted molar refractivity (Wildman–Crippen MR) is 108 cm³/mol. The number of ether oxygens (including phenoxy) is 1. The molecular weight excluding hydrogens is 378 g/mol. The Morgan fingerprint density at radius 2 is 2.00 bits per heavy atom. The van der Waals surface area contributed by atoms with Crippen molar-refractivity contribution in [2.24, 2.45) is 0 Å². The second-order valence-corrected chi connectivity index (χ2v) is 7.09. The largest absolute Gasteiger partial charge is 0.471 e. The lowest BCUT2D eigenvalue weighted by Crippen LogP contribution is -2.26. The van der Waals surface area contributed by atoms with E-state index in [0.717, 1.165) is 29.9 Å². The van der Waals surface area contributed by atoms with Crippen LogP contribution in [0.2, 0.25) is 5.02 Å². The summed E-state index contributed by atoms with van der Waals surface area (Å²) >= 11 is 6.01. The molecule has 3 aromatic rings. The SMILES string of the molecule is Cc1cc(C)n(CCCNC(=O)c2ccn(COc3ccc(Cl)c(C)c3)n2)n1. The quantitative estimate of drug-likeness (QED) is 0.586. The molecule has 8 heteroatoms. The van der Waals surface area contributed by atoms with Crippen molar-refractivity contribution >= 4 is 17.5 Å². The van der Waals surface area contributed by atoms with Crippen molar-refractivity contribution in [1.29, 1.82) is 0 Å². The number of amides is 1. The van der Waals surface area contributed by atoms with Gasteiger partial charge in [0.25, 0.3) is 5.91 Å². The van der Waals surface area contributed by atoms with E-state index in [4.69, 9.17) is 16.3 Å². The lowest BCUT2D eigenvalue weighted by molar-refractivity contribution is 0.0945. The fourth-order valence-electron chi connectivity index (χ4n) is 2.82. The van der Waals surface area contributed by atoms with Crippen LogP contribution in [0.25, 0.3) is 0 Å². The Morgan fingerprint density at radius 1 is 1.18 bits per heavy atom. The van der Waals surface area contributed by atoms with Crippen molar-refractivity contribution in [3.63, 3.8) is 0 Å². The molecule has 0 atom stereocenters. The van der Waals surface area contributed by atoms with Gasteiger partial charge in [0.2, 0.25) is 0 Å². The van der Waals surface area contributed by atoms with E-state index >= 15 is 0 Å². The summed E-state index contributed by atoms with van der Waals surface area (Å²) in [5, 5.41) is 12.2. The number of aromatic nitrogens is 4. The van der Waals surface area contributed by atoms with Gasteiger partial charge in [-0.15, -0.1) is 0 Å². The van der Waals surface area contributed by atoms with Crippen molar-refractivity contribution in [2.45, 2.75) is 40.5 Å². The van der Waals surface area contributed by atoms with Crippen LogP contribution in [-0.2, 0) is 13.3 Å². The van der Waals surface area contributed by atoms with Crippen LogP contribution < -0.4 is 10.1 Å². The summed E-state index contributed by atoms with van der Waals surface area (Å²) in [6, 6.07) is 9.17. The molecule has 1 N–H and O–H groups in total. The molecule has 2 aromatic heterocycles. The molecule has 148 valence electrons. The van der Waals surface area contributed by atoms with Crippen molar-refractivity contribution < 1.29 is 9.53 Å². The molecule has 1 amide bonds. The van der Waals surface area contributed by atoms with Gasteiger partial charge in [-0.3, -0.25) is 9.48 Å². The van der Waals surface area contributed by atoms with Crippen LogP contribution in [0, 0.1) is 20.8 Å². The Kier molecular flexibility index (Phi) is 6.36. The summed E-state index contributed by atoms with van der Waals surface area (Å²) in [7, 11) is 0. The molecule has 0 bridgehead atoms. The normalized spacial score (nSPS) is 10.9. The smallest absolute Gasteiger partial charge is 0.271 e. The fourth-order valence-corrected chi connectivity index (χ4v) is 2.94. The van der Waals surface area contributed by atoms with Crippen LogP contribution >= 0.6 is 11.6 Å². The lowest BCUT2D eigenvalue weighted by atomic mass is 10.2. The van der Waals surface area contributed by atoms with Gasteiger partial charge >= 0.3 is 0 Å². The van der Waals surface area contributed by atoms with Gasteiger partial charge in [0.05, 0.1) is 5.69 Å². The van der Waals surface area contributed by atoms with Crippen molar-refractivity contribution in [3.05, 3.63) is 64.2 Å². The second kappa shape index (κ2) is 8.93. The molecular formula is C20H24ClN5O2. The first-order valence-corrected chi connectivity index (χ1v) is 9.52. The number of hydrogen-bond donors (Lipinski definition) is 1. The van der Waals surface area contributed by atoms with E-state index < -0.39 is 0 Å². The van der Waals surface area contributed by atoms with Crippen LogP contribution in [0.15, 0.2) is 36.5 Å². The molecule has 0 aliphatic heterocycles. The molecule has 0 fully saturated rings. The number of hydrogen-bond acceptors (Lipinski definition) is 4. The van der Waals surface area contributed by atoms with Gasteiger partial charge in [-0.2, -0.15) is 10.2 Å². The lowest BCUT2D eigenvalue weighted by Gasteiger charge is -2.08. The van der Waals surface area contributed by atoms with E-state index in [-0.39, 0.29) is 12.6 Å². The maximum Gasteiger partial charge on any atom is 0.271 e. The Bertz CT molecular complexity index is 963. The van der Waals surface area contributed by atoms with Gasteiger partial charge in [-0.1, -0.05) is 11.6 Å². The highest BCUT2D eigenvalue weighted by Gasteiger charge is 2.09. The zero-order valence-corrected chi connectivity index (χ0v) is 17.0. The van der Waals surface area contributed by atoms with E-state index in [0.29, 0.717) is 23.0 Å². The summed E-state index contributed by atoms with van der Waals surface area (Å²) in [6.45, 7) is 7.46. The van der Waals surface area contributed by atoms with Gasteiger partial charge in [-0.05, 0) is 63.1 Å². The Balaban J connectivity index is 1.44. The van der Waals surface area contributed by atoms with E-state index in [1.54, 1.807) is 29.1 Å². The highest BCUT2D eigenvalue weighted by molar-refractivity contribution is 6.31. The molecule has 2 heterocycles. The number of nitrogens with one attached hydrogen (secondary N) is 1. The van der Waals surface area contributed by atoms with Gasteiger partial charge in [0.1, 0.15) is 11.4 Å². The zero-order chi connectivity index (χ0) is 20.1. The number of nitrogens with zero attached hydrogens (tertiary/aromatic N) is 4. The van der Waals surface area contributed by atoms with Gasteiger partial charge in [0, 0.05) is 30.0 Å². The molecule has 0 saturated carbocycles. The number of benzene rings is 1. The molecule has 1 aromatic carbocycles. The average molecular weight is 402 g/mol. The number of carbonyl (C=O) groups is 1. The van der Waals surface area contributed by atoms with E-state index in [1.807, 2.05) is 37.6 Å². The van der Waals surface area contributed by atoms with Crippen LogP contribution in [0.4, 0.5) is 0 Å². The topological polar surface area (TPSA) is 74.0 Å². The average Bonchev–Trinajstić information content (AvgIpc) is 3.26. The van der Waals surface area contributed by atoms with Crippen LogP contribution in [0.1, 0.15) is 33.9 Å². The zero-order valence-electron chi connectivity index (χ0n) is 16.3. The number of halogens is 1. The Labute approximate surface area is 169 Å². The minimum atomic E-state index is -0.200. The summed E-state index contributed by atoms with van der Waals surface area (Å²) < 4.78 is 9.21. The van der Waals surface area contributed by atoms with Crippen molar-refractivity contribution in [3.8, 4) is 5.75 Å². The molecule has 7 nitrogen and oxygen atoms in total. The second-order valence-electron chi connectivity index (χ2n) is 6.68. The molecule has 0 unspecified atom stereocenters. The molecule has 0 aliphatic rings. The van der Waals surface area contributed by atoms with Crippen LogP contribution in [0.5, 0.6) is 5.75 Å². The standard InChI is InChI=1S/C20H24ClN5O2/c1-14-11-17(5-6-18(14)21)28-13-25-10-7-19(24-25)20(27)22-8-4-9-26-16(3)12-15(2)23-26/h5-7,10-12H,4,8-9,13H2,1-3H3,(H,22,27). The summed E-state index contributed by atoms with van der Waals surface area (Å²) in [5.74, 6) is 0.502. The van der Waals surface area contributed by atoms with E-state index in [1.165, 1.54) is 0 Å². The first-order chi connectivity index (χ1) is 13.4. The third kappa shape index (κ3) is 5.13. The van der Waals surface area contributed by atoms with Gasteiger partial charge in [0.15, 0.2) is 6.73 Å². The maximum absolute atomic E-state index is 12.2. The Morgan fingerprint density at radius 3 is 2.71 bits per heavy atom. The molecule has 0 saturated heterocycles. The van der Waals surface area contributed by atoms with Crippen molar-refractivity contribution in [2.75, 3.05) is 6.54 Å². The minimum Gasteiger partial charge on any atom is -0.471 e. The summed E-state index contributed by atoms with van der Waals surface area (Å²) in [5.41, 5.74) is 3.43. The summed E-state index contributed by atoms with van der Waals surface area (Å²) in [4.78, 5) is 12.2. The summed E-state index contributed by atoms with van der Waals surface area (Å²) in [6.07, 6.45) is 2.51. The van der Waals surface area contributed by atoms with Crippen LogP contribution in [0.3, 0.4) is 0 Å². The monoisotopic (exact) mass is 401 g/mol. The predicted octanol–water partition coefficient (Wildman–Crippen LogP) is 3.51. The fraction of sp³-hybridized carbons (Fsp3) is 0.350. The highest BCUT2D eigenvalue weighted by atomic mass is 35.5. The number of rotatable bonds is 8. The molecule has 0 aliphatic carbocycles. The molecule has 0 spiro atoms. The first-order valence-electron chi connectivity index (χ1n) is 9.14. The minimum absolute atomic E-state index is 0.200. The van der Waals surface area contributed by atoms with Gasteiger partial charge in [-0.25, -0.2) is 4.68 Å². The third-order valence-corrected chi connectivity index (χ3v) is 4.73. The van der Waals surface area contributed by atoms with Gasteiger partial charge < -0.3 is 10.1 Å². The molecule has 0 radical (unpaired) electrons.